The van der Waals surface area contributed by atoms with Gasteiger partial charge in [0.15, 0.2) is 11.5 Å². The molecular formula is C26H24N8O3. The molecule has 2 aromatic carbocycles. The van der Waals surface area contributed by atoms with Crippen LogP contribution in [0.15, 0.2) is 66.4 Å². The van der Waals surface area contributed by atoms with Crippen LogP contribution < -0.4 is 10.1 Å². The molecule has 11 nitrogen and oxygen atoms in total. The van der Waals surface area contributed by atoms with E-state index in [1.807, 2.05) is 50.2 Å². The van der Waals surface area contributed by atoms with Crippen LogP contribution in [0.4, 0.5) is 11.5 Å². The molecule has 37 heavy (non-hydrogen) atoms. The molecule has 1 unspecified atom stereocenters. The van der Waals surface area contributed by atoms with Crippen LogP contribution in [0.5, 0.6) is 11.6 Å². The van der Waals surface area contributed by atoms with Crippen LogP contribution in [0.3, 0.4) is 0 Å². The fourth-order valence-corrected chi connectivity index (χ4v) is 4.12. The number of aliphatic hydroxyl groups is 1. The van der Waals surface area contributed by atoms with Crippen molar-refractivity contribution in [2.75, 3.05) is 18.5 Å². The van der Waals surface area contributed by atoms with Gasteiger partial charge >= 0.3 is 0 Å². The maximum absolute atomic E-state index is 9.54. The van der Waals surface area contributed by atoms with E-state index in [9.17, 15) is 5.11 Å². The first-order valence-corrected chi connectivity index (χ1v) is 11.7. The predicted molar refractivity (Wildman–Crippen MR) is 137 cm³/mol. The van der Waals surface area contributed by atoms with Crippen molar-refractivity contribution in [3.63, 3.8) is 0 Å². The van der Waals surface area contributed by atoms with Crippen LogP contribution in [-0.2, 0) is 11.2 Å². The highest BCUT2D eigenvalue weighted by atomic mass is 16.5. The molecule has 6 rings (SSSR count). The van der Waals surface area contributed by atoms with E-state index in [1.165, 1.54) is 6.33 Å². The number of ether oxygens (including phenoxy) is 2. The van der Waals surface area contributed by atoms with E-state index in [2.05, 4.69) is 35.5 Å². The summed E-state index contributed by atoms with van der Waals surface area (Å²) in [6.07, 6.45) is 5.26. The Labute approximate surface area is 211 Å². The summed E-state index contributed by atoms with van der Waals surface area (Å²) in [6, 6.07) is 13.5. The van der Waals surface area contributed by atoms with Gasteiger partial charge in [0.1, 0.15) is 42.7 Å². The summed E-state index contributed by atoms with van der Waals surface area (Å²) in [5.41, 5.74) is 3.71. The lowest BCUT2D eigenvalue weighted by Gasteiger charge is -2.12. The lowest BCUT2D eigenvalue weighted by molar-refractivity contribution is 0.169. The monoisotopic (exact) mass is 496 g/mol. The Morgan fingerprint density at radius 3 is 2.86 bits per heavy atom. The molecule has 1 atom stereocenters. The highest BCUT2D eigenvalue weighted by molar-refractivity contribution is 5.92. The van der Waals surface area contributed by atoms with Crippen molar-refractivity contribution in [2.24, 2.45) is 4.99 Å². The molecule has 0 bridgehead atoms. The zero-order valence-corrected chi connectivity index (χ0v) is 20.3. The lowest BCUT2D eigenvalue weighted by atomic mass is 10.1. The predicted octanol–water partition coefficient (Wildman–Crippen LogP) is 3.63. The fourth-order valence-electron chi connectivity index (χ4n) is 4.12. The van der Waals surface area contributed by atoms with Gasteiger partial charge in [0, 0.05) is 23.6 Å². The second kappa shape index (κ2) is 9.10. The number of aryl methyl sites for hydroxylation is 1. The molecule has 5 aromatic rings. The van der Waals surface area contributed by atoms with Crippen LogP contribution in [0.1, 0.15) is 18.1 Å². The van der Waals surface area contributed by atoms with Crippen molar-refractivity contribution in [1.82, 2.24) is 29.5 Å². The number of hydrogen-bond acceptors (Lipinski definition) is 10. The third-order valence-electron chi connectivity index (χ3n) is 6.15. The molecule has 0 aliphatic carbocycles. The van der Waals surface area contributed by atoms with Crippen LogP contribution in [0, 0.1) is 6.92 Å². The van der Waals surface area contributed by atoms with Crippen molar-refractivity contribution < 1.29 is 14.6 Å². The van der Waals surface area contributed by atoms with Crippen molar-refractivity contribution >= 4 is 34.0 Å². The summed E-state index contributed by atoms with van der Waals surface area (Å²) in [5, 5.41) is 21.7. The van der Waals surface area contributed by atoms with Crippen molar-refractivity contribution in [1.29, 1.82) is 0 Å². The maximum atomic E-state index is 9.54. The van der Waals surface area contributed by atoms with Crippen molar-refractivity contribution in [2.45, 2.75) is 25.8 Å². The van der Waals surface area contributed by atoms with Gasteiger partial charge in [-0.15, -0.1) is 10.2 Å². The fraction of sp³-hybridized carbons (Fsp3) is 0.231. The number of aromatic nitrogens is 6. The minimum atomic E-state index is -0.574. The molecule has 0 spiro atoms. The average molecular weight is 497 g/mol. The molecule has 0 fully saturated rings. The van der Waals surface area contributed by atoms with E-state index in [0.29, 0.717) is 42.0 Å². The van der Waals surface area contributed by atoms with Gasteiger partial charge in [-0.1, -0.05) is 6.07 Å². The largest absolute Gasteiger partial charge is 0.478 e. The van der Waals surface area contributed by atoms with Crippen LogP contribution >= 0.6 is 0 Å². The van der Waals surface area contributed by atoms with Crippen molar-refractivity contribution in [3.8, 4) is 11.6 Å². The van der Waals surface area contributed by atoms with E-state index < -0.39 is 5.54 Å². The van der Waals surface area contributed by atoms with Gasteiger partial charge in [0.05, 0.1) is 12.1 Å². The van der Waals surface area contributed by atoms with Crippen LogP contribution in [0.2, 0.25) is 0 Å². The Balaban J connectivity index is 1.23. The Morgan fingerprint density at radius 1 is 1.11 bits per heavy atom. The number of nitrogens with zero attached hydrogens (tertiary/aromatic N) is 7. The molecular weight excluding hydrogens is 472 g/mol. The Hall–Kier alpha value is -4.64. The second-order valence-electron chi connectivity index (χ2n) is 9.23. The molecule has 0 amide bonds. The number of anilines is 2. The number of benzene rings is 2. The van der Waals surface area contributed by atoms with E-state index in [1.54, 1.807) is 23.1 Å². The van der Waals surface area contributed by atoms with Gasteiger partial charge in [-0.25, -0.2) is 19.9 Å². The summed E-state index contributed by atoms with van der Waals surface area (Å²) in [5.74, 6) is 2.43. The maximum Gasteiger partial charge on any atom is 0.224 e. The Kier molecular flexibility index (Phi) is 5.61. The highest BCUT2D eigenvalue weighted by Crippen LogP contribution is 2.30. The van der Waals surface area contributed by atoms with Gasteiger partial charge in [-0.2, -0.15) is 0 Å². The van der Waals surface area contributed by atoms with Gasteiger partial charge in [-0.3, -0.25) is 4.40 Å². The zero-order valence-electron chi connectivity index (χ0n) is 20.3. The molecule has 1 aliphatic rings. The van der Waals surface area contributed by atoms with Gasteiger partial charge < -0.3 is 19.9 Å². The minimum Gasteiger partial charge on any atom is -0.478 e. The first-order valence-electron chi connectivity index (χ1n) is 11.7. The topological polar surface area (TPSA) is 132 Å². The molecule has 1 aliphatic heterocycles. The first kappa shape index (κ1) is 22.8. The third kappa shape index (κ3) is 4.64. The third-order valence-corrected chi connectivity index (χ3v) is 6.15. The number of fused-ring (bicyclic) bond motifs is 2. The SMILES string of the molecule is Cc1cc(Nc2ncnc3ccc(CC4=NC(C)(CO)CO4)cc23)ccc1Oc1cc2nncn2cn1. The van der Waals surface area contributed by atoms with Gasteiger partial charge in [0.25, 0.3) is 0 Å². The number of aliphatic hydroxyl groups excluding tert-OH is 1. The lowest BCUT2D eigenvalue weighted by Crippen LogP contribution is -2.28. The molecule has 11 heteroatoms. The summed E-state index contributed by atoms with van der Waals surface area (Å²) < 4.78 is 13.4. The quantitative estimate of drug-likeness (QED) is 0.347. The Bertz CT molecular complexity index is 1650. The number of hydrogen-bond donors (Lipinski definition) is 2. The average Bonchev–Trinajstić information content (AvgIpc) is 3.52. The van der Waals surface area contributed by atoms with E-state index in [-0.39, 0.29) is 6.61 Å². The van der Waals surface area contributed by atoms with Gasteiger partial charge in [-0.05, 0) is 55.3 Å². The van der Waals surface area contributed by atoms with Crippen LogP contribution in [0.25, 0.3) is 16.6 Å². The smallest absolute Gasteiger partial charge is 0.224 e. The first-order chi connectivity index (χ1) is 18.0. The van der Waals surface area contributed by atoms with E-state index in [0.717, 1.165) is 27.7 Å². The molecule has 186 valence electrons. The summed E-state index contributed by atoms with van der Waals surface area (Å²) in [4.78, 5) is 17.7. The van der Waals surface area contributed by atoms with Crippen molar-refractivity contribution in [3.05, 3.63) is 72.6 Å². The second-order valence-corrected chi connectivity index (χ2v) is 9.23. The molecule has 0 saturated heterocycles. The zero-order chi connectivity index (χ0) is 25.4. The summed E-state index contributed by atoms with van der Waals surface area (Å²) in [7, 11) is 0. The molecule has 2 N–H and O–H groups in total. The van der Waals surface area contributed by atoms with E-state index >= 15 is 0 Å². The molecule has 4 heterocycles. The van der Waals surface area contributed by atoms with Crippen LogP contribution in [-0.4, -0.2) is 59.3 Å². The standard InChI is InChI=1S/C26H24N8O3/c1-16-7-18(4-6-21(16)37-23-10-22-33-30-15-34(22)14-29-23)31-25-19-8-17(3-5-20(19)27-13-28-25)9-24-32-26(2,11-35)12-36-24/h3-8,10,13-15,35H,9,11-12H2,1-2H3,(H,27,28,31). The number of rotatable bonds is 7. The molecule has 0 radical (unpaired) electrons. The van der Waals surface area contributed by atoms with Gasteiger partial charge in [0.2, 0.25) is 5.88 Å². The normalized spacial score (nSPS) is 17.1. The minimum absolute atomic E-state index is 0.0486. The van der Waals surface area contributed by atoms with E-state index in [4.69, 9.17) is 9.47 Å². The number of aliphatic imine (C=N–C) groups is 1. The molecule has 0 saturated carbocycles. The Morgan fingerprint density at radius 2 is 2.03 bits per heavy atom. The number of nitrogens with one attached hydrogen (secondary N) is 1. The molecule has 3 aromatic heterocycles. The summed E-state index contributed by atoms with van der Waals surface area (Å²) in [6.45, 7) is 4.18. The highest BCUT2D eigenvalue weighted by Gasteiger charge is 2.30. The summed E-state index contributed by atoms with van der Waals surface area (Å²) >= 11 is 0.